The molecule has 1 heterocycles. The van der Waals surface area contributed by atoms with E-state index in [1.54, 1.807) is 0 Å². The van der Waals surface area contributed by atoms with Crippen LogP contribution in [0, 0.1) is 11.8 Å². The van der Waals surface area contributed by atoms with Gasteiger partial charge in [-0.25, -0.2) is 9.59 Å². The Labute approximate surface area is 97.8 Å². The summed E-state index contributed by atoms with van der Waals surface area (Å²) in [5, 5.41) is 0. The van der Waals surface area contributed by atoms with Crippen LogP contribution in [-0.4, -0.2) is 20.6 Å². The van der Waals surface area contributed by atoms with Crippen LogP contribution in [0.2, 0.25) is 0 Å². The zero-order valence-corrected chi connectivity index (χ0v) is 10.4. The standard InChI is InChI=1S/C9H8Br2O3/c10-8-4-1-2-5(3-4)9(8,11)7(13)14-6(8)12/h4-5H,1-3H2/t4-,5+,8-,9+. The Hall–Kier alpha value is 0.1000. The molecule has 0 N–H and O–H groups in total. The van der Waals surface area contributed by atoms with Crippen molar-refractivity contribution in [3.05, 3.63) is 0 Å². The largest absolute Gasteiger partial charge is 0.391 e. The number of ether oxygens (including phenoxy) is 1. The van der Waals surface area contributed by atoms with Crippen LogP contribution >= 0.6 is 31.9 Å². The average molecular weight is 324 g/mol. The molecule has 0 aromatic carbocycles. The predicted molar refractivity (Wildman–Crippen MR) is 55.2 cm³/mol. The van der Waals surface area contributed by atoms with Crippen molar-refractivity contribution in [2.75, 3.05) is 0 Å². The third kappa shape index (κ3) is 0.702. The van der Waals surface area contributed by atoms with Gasteiger partial charge in [-0.3, -0.25) is 0 Å². The van der Waals surface area contributed by atoms with E-state index in [4.69, 9.17) is 4.74 Å². The van der Waals surface area contributed by atoms with Crippen molar-refractivity contribution < 1.29 is 14.3 Å². The molecule has 2 aliphatic carbocycles. The Morgan fingerprint density at radius 2 is 1.50 bits per heavy atom. The average Bonchev–Trinajstić information content (AvgIpc) is 2.73. The van der Waals surface area contributed by atoms with Gasteiger partial charge in [0.25, 0.3) is 0 Å². The Bertz CT molecular complexity index is 324. The summed E-state index contributed by atoms with van der Waals surface area (Å²) in [4.78, 5) is 23.3. The van der Waals surface area contributed by atoms with Crippen LogP contribution in [-0.2, 0) is 14.3 Å². The summed E-state index contributed by atoms with van der Waals surface area (Å²) in [7, 11) is 0. The maximum absolute atomic E-state index is 11.7. The van der Waals surface area contributed by atoms with E-state index in [-0.39, 0.29) is 11.8 Å². The molecule has 3 aliphatic rings. The lowest BCUT2D eigenvalue weighted by Crippen LogP contribution is -2.52. The summed E-state index contributed by atoms with van der Waals surface area (Å²) in [6.07, 6.45) is 2.95. The Morgan fingerprint density at radius 1 is 1.07 bits per heavy atom. The summed E-state index contributed by atoms with van der Waals surface area (Å²) in [5.74, 6) is -0.338. The number of carbonyl (C=O) groups excluding carboxylic acids is 2. The molecule has 3 nitrogen and oxygen atoms in total. The maximum atomic E-state index is 11.7. The van der Waals surface area contributed by atoms with E-state index >= 15 is 0 Å². The first-order chi connectivity index (χ1) is 6.51. The molecule has 0 spiro atoms. The van der Waals surface area contributed by atoms with Gasteiger partial charge in [0.05, 0.1) is 0 Å². The lowest BCUT2D eigenvalue weighted by molar-refractivity contribution is -0.153. The molecule has 1 aliphatic heterocycles. The van der Waals surface area contributed by atoms with Crippen LogP contribution in [0.3, 0.4) is 0 Å². The van der Waals surface area contributed by atoms with Gasteiger partial charge in [0.1, 0.15) is 0 Å². The molecule has 2 bridgehead atoms. The number of rotatable bonds is 0. The van der Waals surface area contributed by atoms with E-state index in [9.17, 15) is 9.59 Å². The Balaban J connectivity index is 2.21. The molecule has 4 atom stereocenters. The Morgan fingerprint density at radius 3 is 1.93 bits per heavy atom. The summed E-state index contributed by atoms with van der Waals surface area (Å²) < 4.78 is 3.16. The van der Waals surface area contributed by atoms with Crippen LogP contribution in [0.5, 0.6) is 0 Å². The number of alkyl halides is 2. The highest BCUT2D eigenvalue weighted by molar-refractivity contribution is 9.13. The topological polar surface area (TPSA) is 43.4 Å². The van der Waals surface area contributed by atoms with Crippen LogP contribution in [0.1, 0.15) is 19.3 Å². The van der Waals surface area contributed by atoms with Crippen molar-refractivity contribution >= 4 is 43.8 Å². The van der Waals surface area contributed by atoms with E-state index < -0.39 is 20.6 Å². The zero-order valence-electron chi connectivity index (χ0n) is 7.26. The minimum Gasteiger partial charge on any atom is -0.391 e. The van der Waals surface area contributed by atoms with Gasteiger partial charge in [-0.2, -0.15) is 0 Å². The molecule has 3 fully saturated rings. The normalized spacial score (nSPS) is 55.0. The second-order valence-corrected chi connectivity index (χ2v) is 6.81. The molecule has 1 saturated heterocycles. The number of cyclic esters (lactones) is 2. The molecule has 5 heteroatoms. The fourth-order valence-electron chi connectivity index (χ4n) is 3.16. The van der Waals surface area contributed by atoms with Crippen molar-refractivity contribution in [2.45, 2.75) is 27.9 Å². The minimum atomic E-state index is -0.792. The van der Waals surface area contributed by atoms with Crippen molar-refractivity contribution in [3.63, 3.8) is 0 Å². The minimum absolute atomic E-state index is 0.242. The van der Waals surface area contributed by atoms with E-state index in [2.05, 4.69) is 31.9 Å². The van der Waals surface area contributed by atoms with Crippen LogP contribution < -0.4 is 0 Å². The first-order valence-corrected chi connectivity index (χ1v) is 6.24. The number of esters is 2. The van der Waals surface area contributed by atoms with Gasteiger partial charge in [-0.05, 0) is 31.1 Å². The van der Waals surface area contributed by atoms with E-state index in [1.165, 1.54) is 0 Å². The fourth-order valence-corrected chi connectivity index (χ4v) is 5.13. The van der Waals surface area contributed by atoms with Crippen molar-refractivity contribution in [1.82, 2.24) is 0 Å². The van der Waals surface area contributed by atoms with Crippen LogP contribution in [0.4, 0.5) is 0 Å². The third-order valence-corrected chi connectivity index (χ3v) is 7.59. The highest BCUT2D eigenvalue weighted by Crippen LogP contribution is 2.67. The molecule has 3 rings (SSSR count). The monoisotopic (exact) mass is 322 g/mol. The molecule has 0 aromatic heterocycles. The summed E-state index contributed by atoms with van der Waals surface area (Å²) in [6, 6.07) is 0. The summed E-state index contributed by atoms with van der Waals surface area (Å²) in [6.45, 7) is 0. The first kappa shape index (κ1) is 9.33. The van der Waals surface area contributed by atoms with Gasteiger partial charge >= 0.3 is 11.9 Å². The first-order valence-electron chi connectivity index (χ1n) is 4.65. The number of halogens is 2. The molecular formula is C9H8Br2O3. The molecule has 0 amide bonds. The quantitative estimate of drug-likeness (QED) is 0.387. The highest BCUT2D eigenvalue weighted by atomic mass is 79.9. The zero-order chi connectivity index (χ0) is 10.1. The predicted octanol–water partition coefficient (Wildman–Crippen LogP) is 1.77. The molecular weight excluding hydrogens is 316 g/mol. The lowest BCUT2D eigenvalue weighted by Gasteiger charge is -2.34. The van der Waals surface area contributed by atoms with Gasteiger partial charge in [0.2, 0.25) is 0 Å². The maximum Gasteiger partial charge on any atom is 0.332 e. The third-order valence-electron chi connectivity index (χ3n) is 3.87. The lowest BCUT2D eigenvalue weighted by atomic mass is 9.80. The van der Waals surface area contributed by atoms with Crippen LogP contribution in [0.15, 0.2) is 0 Å². The van der Waals surface area contributed by atoms with Crippen LogP contribution in [0.25, 0.3) is 0 Å². The highest BCUT2D eigenvalue weighted by Gasteiger charge is 2.78. The van der Waals surface area contributed by atoms with E-state index in [0.717, 1.165) is 19.3 Å². The molecule has 14 heavy (non-hydrogen) atoms. The van der Waals surface area contributed by atoms with Gasteiger partial charge < -0.3 is 4.74 Å². The molecule has 2 saturated carbocycles. The van der Waals surface area contributed by atoms with Gasteiger partial charge in [-0.1, -0.05) is 31.9 Å². The molecule has 0 radical (unpaired) electrons. The van der Waals surface area contributed by atoms with Gasteiger partial charge in [0.15, 0.2) is 8.65 Å². The number of hydrogen-bond acceptors (Lipinski definition) is 3. The number of carbonyl (C=O) groups is 2. The number of fused-ring (bicyclic) bond motifs is 5. The van der Waals surface area contributed by atoms with E-state index in [0.29, 0.717) is 0 Å². The molecule has 76 valence electrons. The van der Waals surface area contributed by atoms with Crippen molar-refractivity contribution in [3.8, 4) is 0 Å². The summed E-state index contributed by atoms with van der Waals surface area (Å²) in [5.41, 5.74) is 0. The second kappa shape index (κ2) is 2.43. The smallest absolute Gasteiger partial charge is 0.332 e. The second-order valence-electron chi connectivity index (χ2n) is 4.31. The Kier molecular flexibility index (Phi) is 1.62. The summed E-state index contributed by atoms with van der Waals surface area (Å²) >= 11 is 6.90. The fraction of sp³-hybridized carbons (Fsp3) is 0.778. The molecule has 0 unspecified atom stereocenters. The SMILES string of the molecule is O=C1OC(=O)[C@]2(Br)[C@@H]3CC[C@@H](C3)[C@]12Br. The van der Waals surface area contributed by atoms with Crippen molar-refractivity contribution in [2.24, 2.45) is 11.8 Å². The van der Waals surface area contributed by atoms with E-state index in [1.807, 2.05) is 0 Å². The number of hydrogen-bond donors (Lipinski definition) is 0. The van der Waals surface area contributed by atoms with Gasteiger partial charge in [0, 0.05) is 0 Å². The van der Waals surface area contributed by atoms with Gasteiger partial charge in [-0.15, -0.1) is 0 Å². The molecule has 0 aromatic rings. The van der Waals surface area contributed by atoms with Crippen molar-refractivity contribution in [1.29, 1.82) is 0 Å².